The van der Waals surface area contributed by atoms with E-state index in [1.165, 1.54) is 12.0 Å². The van der Waals surface area contributed by atoms with Crippen molar-refractivity contribution in [2.75, 3.05) is 7.11 Å². The number of benzene rings is 1. The fraction of sp³-hybridized carbons (Fsp3) is 0.462. The monoisotopic (exact) mass is 252 g/mol. The Kier molecular flexibility index (Phi) is 5.35. The minimum absolute atomic E-state index is 0.0444. The van der Waals surface area contributed by atoms with Gasteiger partial charge in [0.2, 0.25) is 0 Å². The molecule has 3 nitrogen and oxygen atoms in total. The highest BCUT2D eigenvalue weighted by Crippen LogP contribution is 2.25. The van der Waals surface area contributed by atoms with E-state index in [2.05, 4.69) is 13.8 Å². The zero-order valence-corrected chi connectivity index (χ0v) is 11.4. The number of ether oxygens (including phenoxy) is 1. The Bertz CT molecular complexity index is 393. The number of nitrogens with one attached hydrogen (secondary N) is 1. The van der Waals surface area contributed by atoms with Crippen molar-refractivity contribution in [2.24, 2.45) is 5.73 Å². The Morgan fingerprint density at radius 3 is 2.76 bits per heavy atom. The van der Waals surface area contributed by atoms with Gasteiger partial charge in [0.15, 0.2) is 0 Å². The van der Waals surface area contributed by atoms with E-state index >= 15 is 0 Å². The Hall–Kier alpha value is -1.16. The normalized spacial score (nSPS) is 12.2. The topological polar surface area (TPSA) is 59.1 Å². The Morgan fingerprint density at radius 2 is 2.24 bits per heavy atom. The minimum Gasteiger partial charge on any atom is -0.496 e. The summed E-state index contributed by atoms with van der Waals surface area (Å²) in [4.78, 5) is 0. The van der Waals surface area contributed by atoms with Crippen LogP contribution in [0.2, 0.25) is 0 Å². The lowest BCUT2D eigenvalue weighted by Gasteiger charge is -2.11. The van der Waals surface area contributed by atoms with E-state index in [1.807, 2.05) is 30.0 Å². The van der Waals surface area contributed by atoms with Gasteiger partial charge in [-0.05, 0) is 24.1 Å². The molecule has 0 amide bonds. The van der Waals surface area contributed by atoms with Gasteiger partial charge >= 0.3 is 0 Å². The standard InChI is InChI=1S/C13H20N2OS/c1-4-9(2)17-8-10-5-6-11(13(14)15)12(7-10)16-3/h5-7,9H,4,8H2,1-3H3,(H3,14,15). The van der Waals surface area contributed by atoms with Gasteiger partial charge in [-0.2, -0.15) is 11.8 Å². The first-order chi connectivity index (χ1) is 8.08. The maximum absolute atomic E-state index is 7.44. The smallest absolute Gasteiger partial charge is 0.130 e. The van der Waals surface area contributed by atoms with Crippen LogP contribution >= 0.6 is 11.8 Å². The molecular weight excluding hydrogens is 232 g/mol. The fourth-order valence-corrected chi connectivity index (χ4v) is 2.30. The largest absolute Gasteiger partial charge is 0.496 e. The second-order valence-electron chi connectivity index (χ2n) is 3.98. The van der Waals surface area contributed by atoms with Crippen LogP contribution in [0.5, 0.6) is 5.75 Å². The zero-order chi connectivity index (χ0) is 12.8. The second kappa shape index (κ2) is 6.55. The number of nitrogens with two attached hydrogens (primary N) is 1. The van der Waals surface area contributed by atoms with Crippen molar-refractivity contribution in [3.63, 3.8) is 0 Å². The predicted octanol–water partition coefficient (Wildman–Crippen LogP) is 3.01. The van der Waals surface area contributed by atoms with Crippen molar-refractivity contribution in [3.8, 4) is 5.75 Å². The summed E-state index contributed by atoms with van der Waals surface area (Å²) in [6.07, 6.45) is 1.17. The Morgan fingerprint density at radius 1 is 1.53 bits per heavy atom. The Balaban J connectivity index is 2.79. The minimum atomic E-state index is 0.0444. The molecule has 0 spiro atoms. The van der Waals surface area contributed by atoms with Crippen molar-refractivity contribution in [1.29, 1.82) is 5.41 Å². The van der Waals surface area contributed by atoms with E-state index in [0.717, 1.165) is 5.75 Å². The van der Waals surface area contributed by atoms with Gasteiger partial charge in [0.05, 0.1) is 12.7 Å². The number of hydrogen-bond donors (Lipinski definition) is 2. The van der Waals surface area contributed by atoms with E-state index in [-0.39, 0.29) is 5.84 Å². The molecule has 94 valence electrons. The molecule has 0 fully saturated rings. The van der Waals surface area contributed by atoms with Crippen molar-refractivity contribution in [2.45, 2.75) is 31.3 Å². The molecule has 4 heteroatoms. The summed E-state index contributed by atoms with van der Waals surface area (Å²) >= 11 is 1.92. The van der Waals surface area contributed by atoms with E-state index < -0.39 is 0 Å². The van der Waals surface area contributed by atoms with Crippen LogP contribution in [0, 0.1) is 5.41 Å². The number of thioether (sulfide) groups is 1. The molecule has 0 aliphatic rings. The van der Waals surface area contributed by atoms with E-state index in [9.17, 15) is 0 Å². The third kappa shape index (κ3) is 3.97. The highest BCUT2D eigenvalue weighted by atomic mass is 32.2. The third-order valence-electron chi connectivity index (χ3n) is 2.67. The molecule has 3 N–H and O–H groups in total. The quantitative estimate of drug-likeness (QED) is 0.604. The lowest BCUT2D eigenvalue weighted by molar-refractivity contribution is 0.413. The average Bonchev–Trinajstić information content (AvgIpc) is 2.35. The summed E-state index contributed by atoms with van der Waals surface area (Å²) < 4.78 is 5.25. The van der Waals surface area contributed by atoms with Gasteiger partial charge in [0.1, 0.15) is 11.6 Å². The molecule has 1 aromatic carbocycles. The van der Waals surface area contributed by atoms with E-state index in [1.54, 1.807) is 7.11 Å². The van der Waals surface area contributed by atoms with Crippen LogP contribution in [0.4, 0.5) is 0 Å². The number of rotatable bonds is 6. The maximum atomic E-state index is 7.44. The molecule has 0 heterocycles. The summed E-state index contributed by atoms with van der Waals surface area (Å²) in [5, 5.41) is 8.10. The van der Waals surface area contributed by atoms with Crippen molar-refractivity contribution in [3.05, 3.63) is 29.3 Å². The van der Waals surface area contributed by atoms with Gasteiger partial charge in [-0.1, -0.05) is 19.9 Å². The molecule has 1 rings (SSSR count). The first kappa shape index (κ1) is 13.9. The SMILES string of the molecule is CCC(C)SCc1ccc(C(=N)N)c(OC)c1. The molecule has 0 bridgehead atoms. The average molecular weight is 252 g/mol. The second-order valence-corrected chi connectivity index (χ2v) is 5.40. The number of nitrogen functional groups attached to an aromatic ring is 1. The fourth-order valence-electron chi connectivity index (χ4n) is 1.40. The summed E-state index contributed by atoms with van der Waals surface area (Å²) in [5.41, 5.74) is 7.34. The molecule has 0 radical (unpaired) electrons. The lowest BCUT2D eigenvalue weighted by Crippen LogP contribution is -2.12. The van der Waals surface area contributed by atoms with Gasteiger partial charge in [-0.15, -0.1) is 0 Å². The molecule has 0 aliphatic carbocycles. The van der Waals surface area contributed by atoms with Crippen LogP contribution in [0.25, 0.3) is 0 Å². The molecule has 0 saturated heterocycles. The zero-order valence-electron chi connectivity index (χ0n) is 10.6. The van der Waals surface area contributed by atoms with Crippen LogP contribution in [0.1, 0.15) is 31.4 Å². The predicted molar refractivity (Wildman–Crippen MR) is 75.1 cm³/mol. The van der Waals surface area contributed by atoms with Crippen molar-refractivity contribution < 1.29 is 4.74 Å². The van der Waals surface area contributed by atoms with Crippen molar-refractivity contribution in [1.82, 2.24) is 0 Å². The summed E-state index contributed by atoms with van der Waals surface area (Å²) in [5.74, 6) is 1.69. The third-order valence-corrected chi connectivity index (χ3v) is 4.07. The number of hydrogen-bond acceptors (Lipinski definition) is 3. The molecule has 0 saturated carbocycles. The highest BCUT2D eigenvalue weighted by molar-refractivity contribution is 7.99. The van der Waals surface area contributed by atoms with Crippen LogP contribution in [0.15, 0.2) is 18.2 Å². The van der Waals surface area contributed by atoms with Gasteiger partial charge in [-0.25, -0.2) is 0 Å². The molecule has 17 heavy (non-hydrogen) atoms. The molecule has 1 aromatic rings. The highest BCUT2D eigenvalue weighted by Gasteiger charge is 2.08. The molecule has 1 atom stereocenters. The number of methoxy groups -OCH3 is 1. The van der Waals surface area contributed by atoms with E-state index in [4.69, 9.17) is 15.9 Å². The van der Waals surface area contributed by atoms with Crippen LogP contribution < -0.4 is 10.5 Å². The van der Waals surface area contributed by atoms with Crippen molar-refractivity contribution >= 4 is 17.6 Å². The molecule has 1 unspecified atom stereocenters. The summed E-state index contributed by atoms with van der Waals surface area (Å²) in [6, 6.07) is 5.83. The lowest BCUT2D eigenvalue weighted by atomic mass is 10.1. The maximum Gasteiger partial charge on any atom is 0.130 e. The van der Waals surface area contributed by atoms with Gasteiger partial charge in [0, 0.05) is 11.0 Å². The summed E-state index contributed by atoms with van der Waals surface area (Å²) in [6.45, 7) is 4.42. The van der Waals surface area contributed by atoms with Crippen LogP contribution in [-0.2, 0) is 5.75 Å². The first-order valence-electron chi connectivity index (χ1n) is 5.71. The van der Waals surface area contributed by atoms with Crippen LogP contribution in [-0.4, -0.2) is 18.2 Å². The van der Waals surface area contributed by atoms with Gasteiger partial charge in [-0.3, -0.25) is 5.41 Å². The van der Waals surface area contributed by atoms with E-state index in [0.29, 0.717) is 16.6 Å². The van der Waals surface area contributed by atoms with Gasteiger partial charge in [0.25, 0.3) is 0 Å². The molecular formula is C13H20N2OS. The molecule has 0 aliphatic heterocycles. The number of amidine groups is 1. The first-order valence-corrected chi connectivity index (χ1v) is 6.76. The molecule has 0 aromatic heterocycles. The Labute approximate surface area is 107 Å². The van der Waals surface area contributed by atoms with Crippen LogP contribution in [0.3, 0.4) is 0 Å². The van der Waals surface area contributed by atoms with Gasteiger partial charge < -0.3 is 10.5 Å². The summed E-state index contributed by atoms with van der Waals surface area (Å²) in [7, 11) is 1.60.